The zero-order chi connectivity index (χ0) is 15.0. The number of amides is 1. The van der Waals surface area contributed by atoms with Crippen LogP contribution in [0.3, 0.4) is 0 Å². The van der Waals surface area contributed by atoms with Crippen molar-refractivity contribution in [3.05, 3.63) is 23.8 Å². The number of hydrogen-bond donors (Lipinski definition) is 1. The molecule has 0 aromatic heterocycles. The van der Waals surface area contributed by atoms with Crippen LogP contribution in [0.15, 0.2) is 18.2 Å². The third-order valence-corrected chi connectivity index (χ3v) is 2.80. The number of nitriles is 1. The highest BCUT2D eigenvalue weighted by molar-refractivity contribution is 5.97. The Labute approximate surface area is 118 Å². The van der Waals surface area contributed by atoms with Gasteiger partial charge in [0.05, 0.1) is 31.8 Å². The van der Waals surface area contributed by atoms with Crippen molar-refractivity contribution < 1.29 is 14.3 Å². The molecule has 20 heavy (non-hydrogen) atoms. The first-order valence-electron chi connectivity index (χ1n) is 6.22. The Bertz CT molecular complexity index is 497. The topological polar surface area (TPSA) is 88.6 Å². The van der Waals surface area contributed by atoms with Crippen LogP contribution in [0.4, 0.5) is 5.69 Å². The van der Waals surface area contributed by atoms with Crippen LogP contribution >= 0.6 is 0 Å². The molecular weight excluding hydrogens is 258 g/mol. The number of hydrogen-bond acceptors (Lipinski definition) is 5. The van der Waals surface area contributed by atoms with Gasteiger partial charge in [-0.1, -0.05) is 0 Å². The van der Waals surface area contributed by atoms with Crippen molar-refractivity contribution >= 4 is 11.6 Å². The number of nitrogens with two attached hydrogens (primary N) is 1. The second kappa shape index (κ2) is 8.02. The van der Waals surface area contributed by atoms with E-state index in [2.05, 4.69) is 0 Å². The van der Waals surface area contributed by atoms with Crippen LogP contribution in [0.5, 0.6) is 5.75 Å². The van der Waals surface area contributed by atoms with Gasteiger partial charge in [-0.3, -0.25) is 4.79 Å². The minimum Gasteiger partial charge on any atom is -0.496 e. The van der Waals surface area contributed by atoms with Crippen molar-refractivity contribution in [2.45, 2.75) is 6.42 Å². The molecule has 0 aliphatic heterocycles. The molecule has 1 rings (SSSR count). The number of carbonyl (C=O) groups is 1. The molecule has 0 aliphatic carbocycles. The SMILES string of the molecule is COCCN(CCC#N)C(=O)c1ccc(N)cc1OC. The maximum Gasteiger partial charge on any atom is 0.257 e. The minimum atomic E-state index is -0.200. The lowest BCUT2D eigenvalue weighted by Gasteiger charge is -2.22. The lowest BCUT2D eigenvalue weighted by atomic mass is 10.1. The normalized spacial score (nSPS) is 9.85. The fourth-order valence-corrected chi connectivity index (χ4v) is 1.76. The lowest BCUT2D eigenvalue weighted by molar-refractivity contribution is 0.0696. The lowest BCUT2D eigenvalue weighted by Crippen LogP contribution is -2.35. The monoisotopic (exact) mass is 277 g/mol. The zero-order valence-electron chi connectivity index (χ0n) is 11.8. The molecule has 0 spiro atoms. The summed E-state index contributed by atoms with van der Waals surface area (Å²) in [4.78, 5) is 14.1. The molecule has 0 atom stereocenters. The van der Waals surface area contributed by atoms with E-state index in [9.17, 15) is 4.79 Å². The van der Waals surface area contributed by atoms with E-state index in [-0.39, 0.29) is 12.3 Å². The summed E-state index contributed by atoms with van der Waals surface area (Å²) >= 11 is 0. The summed E-state index contributed by atoms with van der Waals surface area (Å²) < 4.78 is 10.2. The van der Waals surface area contributed by atoms with Gasteiger partial charge in [-0.25, -0.2) is 0 Å². The highest BCUT2D eigenvalue weighted by Gasteiger charge is 2.19. The Morgan fingerprint density at radius 1 is 1.40 bits per heavy atom. The largest absolute Gasteiger partial charge is 0.496 e. The predicted molar refractivity (Wildman–Crippen MR) is 75.4 cm³/mol. The van der Waals surface area contributed by atoms with Gasteiger partial charge in [0.1, 0.15) is 5.75 Å². The number of anilines is 1. The van der Waals surface area contributed by atoms with Gasteiger partial charge in [-0.15, -0.1) is 0 Å². The molecule has 0 saturated carbocycles. The van der Waals surface area contributed by atoms with Crippen LogP contribution in [-0.2, 0) is 4.74 Å². The molecule has 0 radical (unpaired) electrons. The molecule has 2 N–H and O–H groups in total. The van der Waals surface area contributed by atoms with Crippen LogP contribution in [0.25, 0.3) is 0 Å². The Kier molecular flexibility index (Phi) is 6.33. The average molecular weight is 277 g/mol. The highest BCUT2D eigenvalue weighted by Crippen LogP contribution is 2.23. The van der Waals surface area contributed by atoms with E-state index in [1.54, 1.807) is 30.2 Å². The molecule has 0 saturated heterocycles. The average Bonchev–Trinajstić information content (AvgIpc) is 2.46. The highest BCUT2D eigenvalue weighted by atomic mass is 16.5. The number of carbonyl (C=O) groups excluding carboxylic acids is 1. The first-order valence-corrected chi connectivity index (χ1v) is 6.22. The first-order chi connectivity index (χ1) is 9.63. The third kappa shape index (κ3) is 4.14. The number of ether oxygens (including phenoxy) is 2. The van der Waals surface area contributed by atoms with E-state index < -0.39 is 0 Å². The number of methoxy groups -OCH3 is 2. The zero-order valence-corrected chi connectivity index (χ0v) is 11.8. The molecule has 0 unspecified atom stereocenters. The van der Waals surface area contributed by atoms with Crippen molar-refractivity contribution in [2.75, 3.05) is 39.6 Å². The second-order valence-corrected chi connectivity index (χ2v) is 4.15. The Hall–Kier alpha value is -2.26. The maximum atomic E-state index is 12.5. The summed E-state index contributed by atoms with van der Waals surface area (Å²) in [6.45, 7) is 1.19. The number of rotatable bonds is 7. The van der Waals surface area contributed by atoms with Gasteiger partial charge in [0.15, 0.2) is 0 Å². The molecule has 1 aromatic carbocycles. The summed E-state index contributed by atoms with van der Waals surface area (Å²) in [5.74, 6) is 0.225. The van der Waals surface area contributed by atoms with Crippen LogP contribution < -0.4 is 10.5 Å². The molecule has 0 heterocycles. The predicted octanol–water partition coefficient (Wildman–Crippen LogP) is 1.28. The number of nitrogens with zero attached hydrogens (tertiary/aromatic N) is 2. The molecule has 6 heteroatoms. The van der Waals surface area contributed by atoms with Crippen molar-refractivity contribution in [2.24, 2.45) is 0 Å². The van der Waals surface area contributed by atoms with Gasteiger partial charge < -0.3 is 20.1 Å². The van der Waals surface area contributed by atoms with Gasteiger partial charge in [0.25, 0.3) is 5.91 Å². The van der Waals surface area contributed by atoms with E-state index in [1.807, 2.05) is 6.07 Å². The van der Waals surface area contributed by atoms with Crippen LogP contribution in [0.2, 0.25) is 0 Å². The molecule has 0 fully saturated rings. The molecule has 1 amide bonds. The fourth-order valence-electron chi connectivity index (χ4n) is 1.76. The van der Waals surface area contributed by atoms with Crippen molar-refractivity contribution in [1.82, 2.24) is 4.90 Å². The minimum absolute atomic E-state index is 0.200. The first kappa shape index (κ1) is 15.8. The van der Waals surface area contributed by atoms with E-state index in [0.717, 1.165) is 0 Å². The number of nitrogen functional groups attached to an aromatic ring is 1. The summed E-state index contributed by atoms with van der Waals surface area (Å²) in [7, 11) is 3.05. The van der Waals surface area contributed by atoms with Gasteiger partial charge in [-0.05, 0) is 12.1 Å². The summed E-state index contributed by atoms with van der Waals surface area (Å²) in [6, 6.07) is 6.91. The molecule has 0 aliphatic rings. The van der Waals surface area contributed by atoms with Crippen LogP contribution in [-0.4, -0.2) is 44.7 Å². The van der Waals surface area contributed by atoms with Gasteiger partial charge in [0, 0.05) is 32.0 Å². The molecule has 6 nitrogen and oxygen atoms in total. The summed E-state index contributed by atoms with van der Waals surface area (Å²) in [6.07, 6.45) is 0.271. The molecule has 1 aromatic rings. The van der Waals surface area contributed by atoms with E-state index in [0.29, 0.717) is 36.7 Å². The van der Waals surface area contributed by atoms with E-state index >= 15 is 0 Å². The second-order valence-electron chi connectivity index (χ2n) is 4.15. The summed E-state index contributed by atoms with van der Waals surface area (Å²) in [5, 5.41) is 8.67. The Morgan fingerprint density at radius 2 is 2.15 bits per heavy atom. The van der Waals surface area contributed by atoms with Gasteiger partial charge >= 0.3 is 0 Å². The summed E-state index contributed by atoms with van der Waals surface area (Å²) in [5.41, 5.74) is 6.63. The van der Waals surface area contributed by atoms with Gasteiger partial charge in [0.2, 0.25) is 0 Å². The van der Waals surface area contributed by atoms with Crippen molar-refractivity contribution in [1.29, 1.82) is 5.26 Å². The van der Waals surface area contributed by atoms with Crippen molar-refractivity contribution in [3.63, 3.8) is 0 Å². The van der Waals surface area contributed by atoms with E-state index in [1.165, 1.54) is 7.11 Å². The Morgan fingerprint density at radius 3 is 2.75 bits per heavy atom. The standard InChI is InChI=1S/C14H19N3O3/c1-19-9-8-17(7-3-6-15)14(18)12-5-4-11(16)10-13(12)20-2/h4-5,10H,3,7-9,16H2,1-2H3. The molecule has 0 bridgehead atoms. The van der Waals surface area contributed by atoms with E-state index in [4.69, 9.17) is 20.5 Å². The van der Waals surface area contributed by atoms with Gasteiger partial charge in [-0.2, -0.15) is 5.26 Å². The smallest absolute Gasteiger partial charge is 0.257 e. The quantitative estimate of drug-likeness (QED) is 0.758. The molecular formula is C14H19N3O3. The molecule has 108 valence electrons. The van der Waals surface area contributed by atoms with Crippen LogP contribution in [0, 0.1) is 11.3 Å². The van der Waals surface area contributed by atoms with Crippen molar-refractivity contribution in [3.8, 4) is 11.8 Å². The Balaban J connectivity index is 2.95. The van der Waals surface area contributed by atoms with Crippen LogP contribution in [0.1, 0.15) is 16.8 Å². The number of benzene rings is 1. The maximum absolute atomic E-state index is 12.5. The fraction of sp³-hybridized carbons (Fsp3) is 0.429. The third-order valence-electron chi connectivity index (χ3n) is 2.80.